The number of allylic oxidation sites excluding steroid dienone is 4. The summed E-state index contributed by atoms with van der Waals surface area (Å²) in [5.41, 5.74) is 3.34. The van der Waals surface area contributed by atoms with Gasteiger partial charge < -0.3 is 9.47 Å². The molecular weight excluding hydrogens is 583 g/mol. The zero-order chi connectivity index (χ0) is 30.0. The van der Waals surface area contributed by atoms with Gasteiger partial charge in [-0.3, -0.25) is 14.4 Å². The fourth-order valence-corrected chi connectivity index (χ4v) is 5.95. The average molecular weight is 610 g/mol. The normalized spacial score (nSPS) is 15.4. The second kappa shape index (κ2) is 12.0. The summed E-state index contributed by atoms with van der Waals surface area (Å²) in [4.78, 5) is 42.0. The molecule has 0 aliphatic heterocycles. The maximum absolute atomic E-state index is 14.0. The number of Topliss-reactive ketones (excluding diaryl/α,β-unsaturated/α-hetero) is 1. The van der Waals surface area contributed by atoms with Crippen LogP contribution >= 0.6 is 23.2 Å². The Bertz CT molecular complexity index is 1630. The lowest BCUT2D eigenvalue weighted by atomic mass is 9.83. The number of carbonyl (C=O) groups is 3. The van der Waals surface area contributed by atoms with Gasteiger partial charge in [0.25, 0.3) is 0 Å². The van der Waals surface area contributed by atoms with Crippen LogP contribution in [0, 0.1) is 5.41 Å². The van der Waals surface area contributed by atoms with Gasteiger partial charge in [-0.1, -0.05) is 108 Å². The first-order valence-electron chi connectivity index (χ1n) is 13.8. The van der Waals surface area contributed by atoms with Crippen LogP contribution in [-0.4, -0.2) is 17.7 Å². The highest BCUT2D eigenvalue weighted by Crippen LogP contribution is 2.56. The van der Waals surface area contributed by atoms with Crippen molar-refractivity contribution in [1.29, 1.82) is 0 Å². The fraction of sp³-hybridized carbons (Fsp3) is 0.139. The van der Waals surface area contributed by atoms with Gasteiger partial charge in [-0.05, 0) is 57.7 Å². The third kappa shape index (κ3) is 5.66. The Labute approximate surface area is 259 Å². The molecule has 0 radical (unpaired) electrons. The van der Waals surface area contributed by atoms with Gasteiger partial charge in [-0.15, -0.1) is 0 Å². The van der Waals surface area contributed by atoms with Crippen LogP contribution in [0.5, 0.6) is 0 Å². The molecule has 2 aliphatic carbocycles. The Hall–Kier alpha value is -4.45. The summed E-state index contributed by atoms with van der Waals surface area (Å²) in [6.07, 6.45) is -0.0747. The van der Waals surface area contributed by atoms with Gasteiger partial charge in [0.2, 0.25) is 0 Å². The fourth-order valence-electron chi connectivity index (χ4n) is 5.70. The molecule has 0 saturated heterocycles. The highest BCUT2D eigenvalue weighted by molar-refractivity contribution is 6.47. The van der Waals surface area contributed by atoms with Crippen LogP contribution in [0.4, 0.5) is 0 Å². The van der Waals surface area contributed by atoms with Gasteiger partial charge in [0.15, 0.2) is 11.2 Å². The Balaban J connectivity index is 1.44. The molecular formula is C36H26Cl2O5. The second-order valence-electron chi connectivity index (χ2n) is 10.6. The summed E-state index contributed by atoms with van der Waals surface area (Å²) in [6.45, 7) is -0.00298. The standard InChI is InChI=1S/C36H26Cl2O5/c37-27-15-11-25(12-16-27)31-29-19-36(34(40)42-21-23-7-3-1-4-8-23,35(41)43-22-24-9-5-2-6-10-24)20-30(29)32(33(31)39)26-13-17-28(38)18-14-26/h1-18H,19-22H2. The SMILES string of the molecule is O=C1C(c2ccc(Cl)cc2)=C2CC(C(=O)OCc3ccccc3)(C(=O)OCc3ccccc3)CC2=C1c1ccc(Cl)cc1. The van der Waals surface area contributed by atoms with Crippen molar-refractivity contribution in [3.8, 4) is 0 Å². The predicted molar refractivity (Wildman–Crippen MR) is 166 cm³/mol. The molecule has 0 amide bonds. The summed E-state index contributed by atoms with van der Waals surface area (Å²) in [5.74, 6) is -1.57. The molecule has 0 aromatic heterocycles. The van der Waals surface area contributed by atoms with Crippen molar-refractivity contribution in [2.75, 3.05) is 0 Å². The van der Waals surface area contributed by atoms with E-state index in [1.807, 2.05) is 60.7 Å². The van der Waals surface area contributed by atoms with Gasteiger partial charge in [-0.25, -0.2) is 0 Å². The van der Waals surface area contributed by atoms with Crippen LogP contribution < -0.4 is 0 Å². The van der Waals surface area contributed by atoms with Crippen molar-refractivity contribution < 1.29 is 23.9 Å². The number of benzene rings is 4. The first kappa shape index (κ1) is 28.7. The van der Waals surface area contributed by atoms with Crippen molar-refractivity contribution in [2.24, 2.45) is 5.41 Å². The van der Waals surface area contributed by atoms with E-state index in [2.05, 4.69) is 0 Å². The van der Waals surface area contributed by atoms with Crippen LogP contribution in [0.25, 0.3) is 11.1 Å². The number of carbonyl (C=O) groups excluding carboxylic acids is 3. The molecule has 1 saturated carbocycles. The summed E-state index contributed by atoms with van der Waals surface area (Å²) >= 11 is 12.3. The van der Waals surface area contributed by atoms with Crippen molar-refractivity contribution in [3.63, 3.8) is 0 Å². The summed E-state index contributed by atoms with van der Waals surface area (Å²) in [5, 5.41) is 1.06. The number of halogens is 2. The van der Waals surface area contributed by atoms with Crippen molar-refractivity contribution in [1.82, 2.24) is 0 Å². The first-order chi connectivity index (χ1) is 20.9. The van der Waals surface area contributed by atoms with E-state index in [4.69, 9.17) is 32.7 Å². The van der Waals surface area contributed by atoms with Gasteiger partial charge in [0.1, 0.15) is 13.2 Å². The molecule has 7 heteroatoms. The molecule has 0 unspecified atom stereocenters. The number of hydrogen-bond donors (Lipinski definition) is 0. The predicted octanol–water partition coefficient (Wildman–Crippen LogP) is 8.05. The minimum absolute atomic E-state index is 0.00149. The molecule has 6 rings (SSSR count). The lowest BCUT2D eigenvalue weighted by Gasteiger charge is -2.25. The molecule has 2 aliphatic rings. The Morgan fingerprint density at radius 2 is 0.953 bits per heavy atom. The van der Waals surface area contributed by atoms with Crippen LogP contribution in [-0.2, 0) is 37.1 Å². The lowest BCUT2D eigenvalue weighted by molar-refractivity contribution is -0.173. The van der Waals surface area contributed by atoms with E-state index in [0.29, 0.717) is 43.5 Å². The molecule has 0 spiro atoms. The minimum Gasteiger partial charge on any atom is -0.460 e. The van der Waals surface area contributed by atoms with Gasteiger partial charge in [0, 0.05) is 34.0 Å². The number of rotatable bonds is 8. The number of ether oxygens (including phenoxy) is 2. The summed E-state index contributed by atoms with van der Waals surface area (Å²) in [7, 11) is 0. The summed E-state index contributed by atoms with van der Waals surface area (Å²) in [6, 6.07) is 32.5. The molecule has 0 bridgehead atoms. The maximum atomic E-state index is 14.0. The van der Waals surface area contributed by atoms with Crippen molar-refractivity contribution >= 4 is 52.1 Å². The number of hydrogen-bond acceptors (Lipinski definition) is 5. The van der Waals surface area contributed by atoms with Crippen LogP contribution in [0.1, 0.15) is 35.1 Å². The molecule has 0 heterocycles. The van der Waals surface area contributed by atoms with E-state index < -0.39 is 17.4 Å². The van der Waals surface area contributed by atoms with Crippen molar-refractivity contribution in [2.45, 2.75) is 26.1 Å². The molecule has 0 N–H and O–H groups in total. The molecule has 1 fully saturated rings. The van der Waals surface area contributed by atoms with E-state index in [1.54, 1.807) is 48.5 Å². The summed E-state index contributed by atoms with van der Waals surface area (Å²) < 4.78 is 11.6. The van der Waals surface area contributed by atoms with Crippen LogP contribution in [0.15, 0.2) is 120 Å². The number of ketones is 1. The van der Waals surface area contributed by atoms with Gasteiger partial charge in [-0.2, -0.15) is 0 Å². The zero-order valence-electron chi connectivity index (χ0n) is 23.0. The van der Waals surface area contributed by atoms with E-state index in [9.17, 15) is 14.4 Å². The zero-order valence-corrected chi connectivity index (χ0v) is 24.5. The molecule has 4 aromatic rings. The van der Waals surface area contributed by atoms with E-state index in [0.717, 1.165) is 11.1 Å². The number of fused-ring (bicyclic) bond motifs is 1. The van der Waals surface area contributed by atoms with E-state index in [-0.39, 0.29) is 31.8 Å². The third-order valence-corrected chi connectivity index (χ3v) is 8.36. The first-order valence-corrected chi connectivity index (χ1v) is 14.6. The van der Waals surface area contributed by atoms with E-state index >= 15 is 0 Å². The third-order valence-electron chi connectivity index (χ3n) is 7.85. The minimum atomic E-state index is -1.68. The van der Waals surface area contributed by atoms with Crippen LogP contribution in [0.2, 0.25) is 10.0 Å². The molecule has 5 nitrogen and oxygen atoms in total. The second-order valence-corrected chi connectivity index (χ2v) is 11.5. The van der Waals surface area contributed by atoms with E-state index in [1.165, 1.54) is 0 Å². The van der Waals surface area contributed by atoms with Crippen molar-refractivity contribution in [3.05, 3.63) is 153 Å². The number of esters is 2. The van der Waals surface area contributed by atoms with Gasteiger partial charge in [0.05, 0.1) is 0 Å². The highest BCUT2D eigenvalue weighted by atomic mass is 35.5. The molecule has 0 atom stereocenters. The lowest BCUT2D eigenvalue weighted by Crippen LogP contribution is -2.40. The molecule has 4 aromatic carbocycles. The Kier molecular flexibility index (Phi) is 8.02. The quantitative estimate of drug-likeness (QED) is 0.149. The monoisotopic (exact) mass is 608 g/mol. The molecule has 214 valence electrons. The highest BCUT2D eigenvalue weighted by Gasteiger charge is 2.57. The average Bonchev–Trinajstić information content (AvgIpc) is 3.54. The maximum Gasteiger partial charge on any atom is 0.324 e. The topological polar surface area (TPSA) is 69.7 Å². The van der Waals surface area contributed by atoms with Gasteiger partial charge >= 0.3 is 11.9 Å². The smallest absolute Gasteiger partial charge is 0.324 e. The molecule has 43 heavy (non-hydrogen) atoms. The Morgan fingerprint density at radius 3 is 1.33 bits per heavy atom. The Morgan fingerprint density at radius 1 is 0.581 bits per heavy atom. The van der Waals surface area contributed by atoms with Crippen LogP contribution in [0.3, 0.4) is 0 Å². The largest absolute Gasteiger partial charge is 0.460 e.